The van der Waals surface area contributed by atoms with Gasteiger partial charge in [0.25, 0.3) is 0 Å². The highest BCUT2D eigenvalue weighted by atomic mass is 32.2. The summed E-state index contributed by atoms with van der Waals surface area (Å²) in [5, 5.41) is 4.50. The molecule has 10 heteroatoms. The van der Waals surface area contributed by atoms with Crippen LogP contribution in [-0.2, 0) is 40.5 Å². The SMILES string of the molecule is CNC(=O)OCc1ccccc1-c1csc(CC(N[S+]([O-])C(C)(C)C)N[S+]([O-])C(C)(C)C)c1. The fourth-order valence-corrected chi connectivity index (χ4v) is 5.21. The minimum absolute atomic E-state index is 0.169. The molecule has 2 unspecified atom stereocenters. The highest BCUT2D eigenvalue weighted by Crippen LogP contribution is 2.30. The molecule has 2 aromatic rings. The van der Waals surface area contributed by atoms with Crippen molar-refractivity contribution in [2.45, 2.75) is 70.2 Å². The molecule has 0 bridgehead atoms. The van der Waals surface area contributed by atoms with Crippen LogP contribution >= 0.6 is 11.3 Å². The van der Waals surface area contributed by atoms with Crippen LogP contribution in [0.4, 0.5) is 4.79 Å². The van der Waals surface area contributed by atoms with Crippen molar-refractivity contribution in [1.29, 1.82) is 0 Å². The molecule has 7 nitrogen and oxygen atoms in total. The molecular formula is C23H35N3O4S3. The third-order valence-electron chi connectivity index (χ3n) is 4.56. The van der Waals surface area contributed by atoms with Crippen molar-refractivity contribution in [1.82, 2.24) is 14.8 Å². The van der Waals surface area contributed by atoms with Crippen molar-refractivity contribution >= 4 is 40.2 Å². The van der Waals surface area contributed by atoms with Crippen molar-refractivity contribution < 1.29 is 18.6 Å². The largest absolute Gasteiger partial charge is 0.598 e. The molecule has 0 aliphatic rings. The predicted molar refractivity (Wildman–Crippen MR) is 139 cm³/mol. The summed E-state index contributed by atoms with van der Waals surface area (Å²) in [7, 11) is 1.53. The van der Waals surface area contributed by atoms with Crippen LogP contribution in [0.25, 0.3) is 11.1 Å². The van der Waals surface area contributed by atoms with Gasteiger partial charge >= 0.3 is 6.09 Å². The first-order valence-corrected chi connectivity index (χ1v) is 13.9. The summed E-state index contributed by atoms with van der Waals surface area (Å²) in [5.41, 5.74) is 2.90. The Bertz CT molecular complexity index is 887. The average molecular weight is 514 g/mol. The van der Waals surface area contributed by atoms with Crippen molar-refractivity contribution in [2.24, 2.45) is 0 Å². The van der Waals surface area contributed by atoms with E-state index in [1.165, 1.54) is 7.05 Å². The summed E-state index contributed by atoms with van der Waals surface area (Å²) >= 11 is -1.06. The van der Waals surface area contributed by atoms with Crippen molar-refractivity contribution in [2.75, 3.05) is 7.05 Å². The van der Waals surface area contributed by atoms with Gasteiger partial charge in [0.2, 0.25) is 0 Å². The Kier molecular flexibility index (Phi) is 10.1. The zero-order valence-electron chi connectivity index (χ0n) is 20.3. The summed E-state index contributed by atoms with van der Waals surface area (Å²) in [5.74, 6) is 0. The molecule has 0 saturated heterocycles. The van der Waals surface area contributed by atoms with Gasteiger partial charge in [-0.15, -0.1) is 20.8 Å². The van der Waals surface area contributed by atoms with Crippen LogP contribution in [0.1, 0.15) is 52.0 Å². The molecule has 0 aliphatic heterocycles. The summed E-state index contributed by atoms with van der Waals surface area (Å²) in [6.45, 7) is 11.6. The van der Waals surface area contributed by atoms with E-state index in [0.29, 0.717) is 6.42 Å². The zero-order valence-corrected chi connectivity index (χ0v) is 22.8. The van der Waals surface area contributed by atoms with Gasteiger partial charge in [0.05, 0.1) is 0 Å². The van der Waals surface area contributed by atoms with E-state index in [1.54, 1.807) is 11.3 Å². The van der Waals surface area contributed by atoms with E-state index in [1.807, 2.05) is 71.2 Å². The molecule has 0 saturated carbocycles. The van der Waals surface area contributed by atoms with Gasteiger partial charge in [-0.05, 0) is 69.7 Å². The standard InChI is InChI=1S/C23H35N3O4S3/c1-22(2,3)32(28)25-20(26-33(29)23(4,5)6)13-18-12-17(15-31-18)19-11-9-8-10-16(19)14-30-21(27)24-7/h8-12,15,20,25-26H,13-14H2,1-7H3,(H,24,27). The number of hydrogen-bond donors (Lipinski definition) is 3. The molecule has 1 heterocycles. The quantitative estimate of drug-likeness (QED) is 0.342. The van der Waals surface area contributed by atoms with Gasteiger partial charge in [-0.1, -0.05) is 24.3 Å². The maximum Gasteiger partial charge on any atom is 0.407 e. The van der Waals surface area contributed by atoms with Gasteiger partial charge in [-0.3, -0.25) is 0 Å². The molecule has 1 aromatic carbocycles. The summed E-state index contributed by atoms with van der Waals surface area (Å²) in [6, 6.07) is 9.85. The molecule has 2 rings (SSSR count). The molecular weight excluding hydrogens is 478 g/mol. The monoisotopic (exact) mass is 513 g/mol. The van der Waals surface area contributed by atoms with Gasteiger partial charge in [0, 0.05) is 41.1 Å². The Balaban J connectivity index is 2.21. The Morgan fingerprint density at radius 3 is 2.18 bits per heavy atom. The summed E-state index contributed by atoms with van der Waals surface area (Å²) in [4.78, 5) is 12.5. The normalized spacial score (nSPS) is 15.1. The van der Waals surface area contributed by atoms with Crippen molar-refractivity contribution in [3.63, 3.8) is 0 Å². The molecule has 1 aromatic heterocycles. The van der Waals surface area contributed by atoms with E-state index in [9.17, 15) is 13.9 Å². The number of hydrogen-bond acceptors (Lipinski definition) is 7. The maximum absolute atomic E-state index is 12.7. The number of thiophene rings is 1. The van der Waals surface area contributed by atoms with Crippen LogP contribution in [0, 0.1) is 0 Å². The Morgan fingerprint density at radius 1 is 1.06 bits per heavy atom. The zero-order chi connectivity index (χ0) is 24.8. The molecule has 0 fully saturated rings. The lowest BCUT2D eigenvalue weighted by atomic mass is 10.0. The van der Waals surface area contributed by atoms with Crippen LogP contribution in [0.3, 0.4) is 0 Å². The number of carbonyl (C=O) groups excluding carboxylic acids is 1. The number of nitrogens with one attached hydrogen (secondary N) is 3. The van der Waals surface area contributed by atoms with Crippen LogP contribution in [-0.4, -0.2) is 37.9 Å². The first-order chi connectivity index (χ1) is 15.3. The van der Waals surface area contributed by atoms with Gasteiger partial charge in [0.15, 0.2) is 0 Å². The number of alkyl carbamates (subject to hydrolysis) is 1. The lowest BCUT2D eigenvalue weighted by Gasteiger charge is -2.31. The Labute approximate surface area is 207 Å². The maximum atomic E-state index is 12.7. The number of carbonyl (C=O) groups is 1. The first kappa shape index (κ1) is 28.0. The topological polar surface area (TPSA) is 109 Å². The fraction of sp³-hybridized carbons (Fsp3) is 0.522. The van der Waals surface area contributed by atoms with Crippen molar-refractivity contribution in [3.05, 3.63) is 46.2 Å². The average Bonchev–Trinajstić information content (AvgIpc) is 3.18. The number of ether oxygens (including phenoxy) is 1. The number of amides is 1. The Hall–Kier alpha value is -1.27. The minimum Gasteiger partial charge on any atom is -0.598 e. The Morgan fingerprint density at radius 2 is 1.64 bits per heavy atom. The third-order valence-corrected chi connectivity index (χ3v) is 8.74. The number of rotatable bonds is 9. The van der Waals surface area contributed by atoms with Crippen LogP contribution < -0.4 is 14.8 Å². The molecule has 0 radical (unpaired) electrons. The van der Waals surface area contributed by atoms with Gasteiger partial charge in [0.1, 0.15) is 22.3 Å². The lowest BCUT2D eigenvalue weighted by molar-refractivity contribution is 0.142. The summed E-state index contributed by atoms with van der Waals surface area (Å²) < 4.78 is 36.0. The fourth-order valence-electron chi connectivity index (χ4n) is 2.69. The van der Waals surface area contributed by atoms with Crippen LogP contribution in [0.2, 0.25) is 0 Å². The minimum atomic E-state index is -1.32. The molecule has 2 atom stereocenters. The second-order valence-corrected chi connectivity index (χ2v) is 14.5. The molecule has 33 heavy (non-hydrogen) atoms. The van der Waals surface area contributed by atoms with Crippen molar-refractivity contribution in [3.8, 4) is 11.1 Å². The lowest BCUT2D eigenvalue weighted by Crippen LogP contribution is -2.55. The highest BCUT2D eigenvalue weighted by molar-refractivity contribution is 7.91. The van der Waals surface area contributed by atoms with E-state index in [2.05, 4.69) is 20.8 Å². The van der Waals surface area contributed by atoms with E-state index in [0.717, 1.165) is 21.6 Å². The second kappa shape index (κ2) is 11.9. The third kappa shape index (κ3) is 8.79. The van der Waals surface area contributed by atoms with E-state index < -0.39 is 44.5 Å². The smallest absolute Gasteiger partial charge is 0.407 e. The molecule has 1 amide bonds. The highest BCUT2D eigenvalue weighted by Gasteiger charge is 2.34. The van der Waals surface area contributed by atoms with Gasteiger partial charge in [-0.25, -0.2) is 4.79 Å². The van der Waals surface area contributed by atoms with E-state index >= 15 is 0 Å². The van der Waals surface area contributed by atoms with Crippen LogP contribution in [0.15, 0.2) is 35.7 Å². The van der Waals surface area contributed by atoms with Gasteiger partial charge in [-0.2, -0.15) is 0 Å². The summed E-state index contributed by atoms with van der Waals surface area (Å²) in [6.07, 6.45) is -0.386. The molecule has 184 valence electrons. The van der Waals surface area contributed by atoms with Crippen LogP contribution in [0.5, 0.6) is 0 Å². The van der Waals surface area contributed by atoms with Gasteiger partial charge < -0.3 is 19.2 Å². The first-order valence-electron chi connectivity index (χ1n) is 10.7. The molecule has 3 N–H and O–H groups in total. The predicted octanol–water partition coefficient (Wildman–Crippen LogP) is 4.24. The second-order valence-electron chi connectivity index (χ2n) is 9.54. The molecule has 0 aliphatic carbocycles. The van der Waals surface area contributed by atoms with E-state index in [-0.39, 0.29) is 6.61 Å². The molecule has 0 spiro atoms. The number of benzene rings is 1. The van der Waals surface area contributed by atoms with E-state index in [4.69, 9.17) is 4.74 Å².